The third kappa shape index (κ3) is 6.60. The second kappa shape index (κ2) is 9.94. The SMILES string of the molecule is CCCC(/C=C\CP(=O)(OCC)OCC)c1ccccc1. The molecule has 21 heavy (non-hydrogen) atoms. The molecule has 3 nitrogen and oxygen atoms in total. The number of rotatable bonds is 10. The number of allylic oxidation sites excluding steroid dienone is 2. The quantitative estimate of drug-likeness (QED) is 0.429. The van der Waals surface area contributed by atoms with Gasteiger partial charge in [0.05, 0.1) is 19.4 Å². The molecular formula is C17H27O3P. The molecule has 0 aromatic heterocycles. The van der Waals surface area contributed by atoms with E-state index < -0.39 is 7.60 Å². The van der Waals surface area contributed by atoms with E-state index in [-0.39, 0.29) is 0 Å². The maximum absolute atomic E-state index is 12.4. The summed E-state index contributed by atoms with van der Waals surface area (Å²) in [6.07, 6.45) is 6.59. The van der Waals surface area contributed by atoms with Crippen LogP contribution in [0.3, 0.4) is 0 Å². The Bertz CT molecular complexity index is 446. The van der Waals surface area contributed by atoms with Crippen molar-refractivity contribution in [2.45, 2.75) is 39.5 Å². The first-order valence-corrected chi connectivity index (χ1v) is 9.47. The van der Waals surface area contributed by atoms with Crippen LogP contribution in [-0.2, 0) is 13.6 Å². The van der Waals surface area contributed by atoms with Crippen molar-refractivity contribution in [1.82, 2.24) is 0 Å². The van der Waals surface area contributed by atoms with E-state index in [1.165, 1.54) is 5.56 Å². The summed E-state index contributed by atoms with van der Waals surface area (Å²) < 4.78 is 23.0. The summed E-state index contributed by atoms with van der Waals surface area (Å²) in [6, 6.07) is 10.4. The zero-order valence-corrected chi connectivity index (χ0v) is 14.2. The fourth-order valence-electron chi connectivity index (χ4n) is 2.28. The van der Waals surface area contributed by atoms with Crippen LogP contribution < -0.4 is 0 Å². The Morgan fingerprint density at radius 1 is 1.10 bits per heavy atom. The first-order valence-electron chi connectivity index (χ1n) is 7.75. The molecule has 1 atom stereocenters. The van der Waals surface area contributed by atoms with Gasteiger partial charge in [-0.3, -0.25) is 4.57 Å². The third-order valence-electron chi connectivity index (χ3n) is 3.18. The van der Waals surface area contributed by atoms with Crippen LogP contribution in [0.2, 0.25) is 0 Å². The lowest BCUT2D eigenvalue weighted by atomic mass is 9.94. The largest absolute Gasteiger partial charge is 0.334 e. The summed E-state index contributed by atoms with van der Waals surface area (Å²) in [4.78, 5) is 0. The maximum Gasteiger partial charge on any atom is 0.334 e. The van der Waals surface area contributed by atoms with Crippen molar-refractivity contribution in [3.05, 3.63) is 48.0 Å². The van der Waals surface area contributed by atoms with Crippen LogP contribution in [0.25, 0.3) is 0 Å². The fourth-order valence-corrected chi connectivity index (χ4v) is 3.73. The first kappa shape index (κ1) is 18.2. The van der Waals surface area contributed by atoms with Gasteiger partial charge in [-0.2, -0.15) is 0 Å². The Kier molecular flexibility index (Phi) is 8.60. The van der Waals surface area contributed by atoms with E-state index in [0.29, 0.717) is 25.3 Å². The lowest BCUT2D eigenvalue weighted by Crippen LogP contribution is -1.99. The van der Waals surface area contributed by atoms with Gasteiger partial charge in [-0.15, -0.1) is 0 Å². The molecule has 0 heterocycles. The second-order valence-electron chi connectivity index (χ2n) is 4.86. The highest BCUT2D eigenvalue weighted by Gasteiger charge is 2.21. The fraction of sp³-hybridized carbons (Fsp3) is 0.529. The van der Waals surface area contributed by atoms with Crippen molar-refractivity contribution in [1.29, 1.82) is 0 Å². The van der Waals surface area contributed by atoms with Crippen molar-refractivity contribution in [3.8, 4) is 0 Å². The van der Waals surface area contributed by atoms with Crippen molar-refractivity contribution in [2.24, 2.45) is 0 Å². The minimum absolute atomic E-state index is 0.335. The molecule has 0 aliphatic carbocycles. The van der Waals surface area contributed by atoms with E-state index in [4.69, 9.17) is 9.05 Å². The monoisotopic (exact) mass is 310 g/mol. The van der Waals surface area contributed by atoms with E-state index in [1.807, 2.05) is 26.0 Å². The van der Waals surface area contributed by atoms with Crippen molar-refractivity contribution in [3.63, 3.8) is 0 Å². The Balaban J connectivity index is 2.72. The minimum Gasteiger partial charge on any atom is -0.309 e. The number of hydrogen-bond acceptors (Lipinski definition) is 3. The van der Waals surface area contributed by atoms with Gasteiger partial charge in [0, 0.05) is 5.92 Å². The molecule has 0 saturated carbocycles. The summed E-state index contributed by atoms with van der Waals surface area (Å²) in [7, 11) is -2.97. The van der Waals surface area contributed by atoms with E-state index in [9.17, 15) is 4.57 Å². The van der Waals surface area contributed by atoms with Gasteiger partial charge in [-0.25, -0.2) is 0 Å². The normalized spacial score (nSPS) is 13.7. The molecule has 0 amide bonds. The van der Waals surface area contributed by atoms with Gasteiger partial charge < -0.3 is 9.05 Å². The summed E-state index contributed by atoms with van der Waals surface area (Å²) in [5.41, 5.74) is 1.29. The molecule has 1 aromatic carbocycles. The van der Waals surface area contributed by atoms with Crippen molar-refractivity contribution in [2.75, 3.05) is 19.4 Å². The van der Waals surface area contributed by atoms with Gasteiger partial charge >= 0.3 is 7.60 Å². The highest BCUT2D eigenvalue weighted by atomic mass is 31.2. The molecule has 1 unspecified atom stereocenters. The molecule has 0 aliphatic heterocycles. The van der Waals surface area contributed by atoms with Crippen molar-refractivity contribution < 1.29 is 13.6 Å². The molecule has 0 aliphatic rings. The van der Waals surface area contributed by atoms with Gasteiger partial charge in [-0.1, -0.05) is 55.8 Å². The topological polar surface area (TPSA) is 35.5 Å². The molecule has 4 heteroatoms. The van der Waals surface area contributed by atoms with E-state index in [2.05, 4.69) is 37.3 Å². The molecule has 118 valence electrons. The number of hydrogen-bond donors (Lipinski definition) is 0. The first-order chi connectivity index (χ1) is 10.1. The average molecular weight is 310 g/mol. The predicted molar refractivity (Wildman–Crippen MR) is 89.0 cm³/mol. The van der Waals surface area contributed by atoms with Gasteiger partial charge in [-0.05, 0) is 25.8 Å². The van der Waals surface area contributed by atoms with E-state index >= 15 is 0 Å². The Labute approximate surface area is 128 Å². The van der Waals surface area contributed by atoms with Gasteiger partial charge in [0.15, 0.2) is 0 Å². The Morgan fingerprint density at radius 3 is 2.24 bits per heavy atom. The lowest BCUT2D eigenvalue weighted by Gasteiger charge is -2.16. The van der Waals surface area contributed by atoms with Gasteiger partial charge in [0.25, 0.3) is 0 Å². The summed E-state index contributed by atoms with van der Waals surface area (Å²) >= 11 is 0. The van der Waals surface area contributed by atoms with E-state index in [0.717, 1.165) is 12.8 Å². The Hall–Kier alpha value is -0.890. The number of benzene rings is 1. The molecular weight excluding hydrogens is 283 g/mol. The molecule has 0 bridgehead atoms. The summed E-state index contributed by atoms with van der Waals surface area (Å²) in [5.74, 6) is 0.355. The highest BCUT2D eigenvalue weighted by Crippen LogP contribution is 2.48. The summed E-state index contributed by atoms with van der Waals surface area (Å²) in [6.45, 7) is 6.65. The minimum atomic E-state index is -2.97. The molecule has 1 aromatic rings. The van der Waals surface area contributed by atoms with Crippen LogP contribution in [-0.4, -0.2) is 19.4 Å². The van der Waals surface area contributed by atoms with Crippen LogP contribution in [0, 0.1) is 0 Å². The third-order valence-corrected chi connectivity index (χ3v) is 5.14. The van der Waals surface area contributed by atoms with Crippen LogP contribution >= 0.6 is 7.60 Å². The molecule has 0 fully saturated rings. The molecule has 0 saturated heterocycles. The Morgan fingerprint density at radius 2 is 1.71 bits per heavy atom. The summed E-state index contributed by atoms with van der Waals surface area (Å²) in [5, 5.41) is 0. The molecule has 1 rings (SSSR count). The predicted octanol–water partition coefficient (Wildman–Crippen LogP) is 5.39. The maximum atomic E-state index is 12.4. The van der Waals surface area contributed by atoms with Crippen molar-refractivity contribution >= 4 is 7.60 Å². The second-order valence-corrected chi connectivity index (χ2v) is 6.97. The molecule has 0 spiro atoms. The molecule has 0 N–H and O–H groups in total. The standard InChI is InChI=1S/C17H27O3P/c1-4-11-16(17-12-8-7-9-13-17)14-10-15-21(18,19-5-2)20-6-3/h7-10,12-14,16H,4-6,11,15H2,1-3H3/b14-10-. The smallest absolute Gasteiger partial charge is 0.309 e. The van der Waals surface area contributed by atoms with E-state index in [1.54, 1.807) is 0 Å². The zero-order valence-electron chi connectivity index (χ0n) is 13.3. The molecule has 0 radical (unpaired) electrons. The van der Waals surface area contributed by atoms with Crippen LogP contribution in [0.15, 0.2) is 42.5 Å². The highest BCUT2D eigenvalue weighted by molar-refractivity contribution is 7.54. The lowest BCUT2D eigenvalue weighted by molar-refractivity contribution is 0.222. The van der Waals surface area contributed by atoms with Crippen LogP contribution in [0.5, 0.6) is 0 Å². The van der Waals surface area contributed by atoms with Crippen LogP contribution in [0.1, 0.15) is 45.1 Å². The van der Waals surface area contributed by atoms with Gasteiger partial charge in [0.2, 0.25) is 0 Å². The zero-order chi connectivity index (χ0) is 15.6. The van der Waals surface area contributed by atoms with Gasteiger partial charge in [0.1, 0.15) is 0 Å². The van der Waals surface area contributed by atoms with Crippen LogP contribution in [0.4, 0.5) is 0 Å². The average Bonchev–Trinajstić information content (AvgIpc) is 2.48.